The lowest BCUT2D eigenvalue weighted by atomic mass is 10.1. The van der Waals surface area contributed by atoms with E-state index in [2.05, 4.69) is 21.2 Å². The van der Waals surface area contributed by atoms with Gasteiger partial charge in [0, 0.05) is 16.4 Å². The standard InChI is InChI=1S/C14H19BrN2O2/c15-11-2-1-3-13(9-11)19-7-6-17-14(18)10-4-5-12(16)8-10/h1-3,9-10,12H,4-8,16H2,(H,17,18). The van der Waals surface area contributed by atoms with E-state index in [-0.39, 0.29) is 17.9 Å². The molecular formula is C14H19BrN2O2. The Bertz CT molecular complexity index is 439. The van der Waals surface area contributed by atoms with Crippen molar-refractivity contribution in [2.24, 2.45) is 11.7 Å². The van der Waals surface area contributed by atoms with E-state index in [0.29, 0.717) is 13.2 Å². The Morgan fingerprint density at radius 3 is 3.00 bits per heavy atom. The molecule has 1 amide bonds. The highest BCUT2D eigenvalue weighted by Gasteiger charge is 2.27. The molecule has 0 aromatic heterocycles. The van der Waals surface area contributed by atoms with Crippen LogP contribution < -0.4 is 15.8 Å². The second kappa shape index (κ2) is 6.91. The molecule has 1 saturated carbocycles. The van der Waals surface area contributed by atoms with Gasteiger partial charge in [0.25, 0.3) is 0 Å². The molecule has 0 heterocycles. The molecule has 1 fully saturated rings. The maximum atomic E-state index is 11.8. The van der Waals surface area contributed by atoms with Gasteiger partial charge in [-0.3, -0.25) is 4.79 Å². The number of carbonyl (C=O) groups excluding carboxylic acids is 1. The number of benzene rings is 1. The first-order chi connectivity index (χ1) is 9.15. The van der Waals surface area contributed by atoms with E-state index in [1.165, 1.54) is 0 Å². The van der Waals surface area contributed by atoms with Crippen molar-refractivity contribution in [2.75, 3.05) is 13.2 Å². The van der Waals surface area contributed by atoms with Crippen LogP contribution in [0.15, 0.2) is 28.7 Å². The smallest absolute Gasteiger partial charge is 0.223 e. The third kappa shape index (κ3) is 4.51. The molecule has 1 aromatic carbocycles. The Morgan fingerprint density at radius 1 is 1.47 bits per heavy atom. The maximum Gasteiger partial charge on any atom is 0.223 e. The van der Waals surface area contributed by atoms with Crippen LogP contribution in [0, 0.1) is 5.92 Å². The van der Waals surface area contributed by atoms with Crippen molar-refractivity contribution in [1.29, 1.82) is 0 Å². The predicted octanol–water partition coefficient (Wildman–Crippen LogP) is 2.07. The van der Waals surface area contributed by atoms with Crippen LogP contribution in [0.4, 0.5) is 0 Å². The van der Waals surface area contributed by atoms with Gasteiger partial charge in [-0.2, -0.15) is 0 Å². The summed E-state index contributed by atoms with van der Waals surface area (Å²) in [6.07, 6.45) is 2.66. The van der Waals surface area contributed by atoms with E-state index in [9.17, 15) is 4.79 Å². The molecule has 2 rings (SSSR count). The van der Waals surface area contributed by atoms with Gasteiger partial charge in [0.05, 0.1) is 6.54 Å². The Morgan fingerprint density at radius 2 is 2.32 bits per heavy atom. The van der Waals surface area contributed by atoms with Crippen LogP contribution >= 0.6 is 15.9 Å². The highest BCUT2D eigenvalue weighted by atomic mass is 79.9. The molecule has 104 valence electrons. The predicted molar refractivity (Wildman–Crippen MR) is 78.0 cm³/mol. The van der Waals surface area contributed by atoms with Crippen LogP contribution in [0.25, 0.3) is 0 Å². The molecule has 0 aliphatic heterocycles. The zero-order chi connectivity index (χ0) is 13.7. The van der Waals surface area contributed by atoms with Crippen molar-refractivity contribution < 1.29 is 9.53 Å². The number of nitrogens with one attached hydrogen (secondary N) is 1. The monoisotopic (exact) mass is 326 g/mol. The van der Waals surface area contributed by atoms with Gasteiger partial charge >= 0.3 is 0 Å². The summed E-state index contributed by atoms with van der Waals surface area (Å²) in [5.74, 6) is 0.984. The Hall–Kier alpha value is -1.07. The number of carbonyl (C=O) groups is 1. The van der Waals surface area contributed by atoms with Crippen LogP contribution in [-0.4, -0.2) is 25.1 Å². The Labute approximate surface area is 121 Å². The third-order valence-corrected chi connectivity index (χ3v) is 3.80. The number of amides is 1. The third-order valence-electron chi connectivity index (χ3n) is 3.31. The van der Waals surface area contributed by atoms with Crippen LogP contribution in [0.2, 0.25) is 0 Å². The summed E-state index contributed by atoms with van der Waals surface area (Å²) in [7, 11) is 0. The first kappa shape index (κ1) is 14.3. The van der Waals surface area contributed by atoms with E-state index in [1.807, 2.05) is 24.3 Å². The van der Waals surface area contributed by atoms with Crippen molar-refractivity contribution >= 4 is 21.8 Å². The van der Waals surface area contributed by atoms with E-state index in [1.54, 1.807) is 0 Å². The molecule has 0 bridgehead atoms. The first-order valence-electron chi connectivity index (χ1n) is 6.57. The van der Waals surface area contributed by atoms with E-state index >= 15 is 0 Å². The summed E-state index contributed by atoms with van der Waals surface area (Å²) >= 11 is 3.38. The molecule has 19 heavy (non-hydrogen) atoms. The minimum absolute atomic E-state index is 0.0841. The van der Waals surface area contributed by atoms with Gasteiger partial charge in [-0.25, -0.2) is 0 Å². The second-order valence-electron chi connectivity index (χ2n) is 4.87. The molecule has 2 atom stereocenters. The quantitative estimate of drug-likeness (QED) is 0.814. The molecule has 1 aromatic rings. The van der Waals surface area contributed by atoms with Crippen molar-refractivity contribution in [3.63, 3.8) is 0 Å². The Balaban J connectivity index is 1.65. The highest BCUT2D eigenvalue weighted by molar-refractivity contribution is 9.10. The normalized spacial score (nSPS) is 22.2. The summed E-state index contributed by atoms with van der Waals surface area (Å²) in [5.41, 5.74) is 5.80. The van der Waals surface area contributed by atoms with Crippen LogP contribution in [0.5, 0.6) is 5.75 Å². The number of hydrogen-bond donors (Lipinski definition) is 2. The van der Waals surface area contributed by atoms with Gasteiger partial charge < -0.3 is 15.8 Å². The molecular weight excluding hydrogens is 308 g/mol. The molecule has 1 aliphatic carbocycles. The van der Waals surface area contributed by atoms with Crippen molar-refractivity contribution in [3.8, 4) is 5.75 Å². The van der Waals surface area contributed by atoms with Crippen LogP contribution in [-0.2, 0) is 4.79 Å². The molecule has 1 aliphatic rings. The molecule has 0 saturated heterocycles. The summed E-state index contributed by atoms with van der Waals surface area (Å²) in [6, 6.07) is 7.84. The highest BCUT2D eigenvalue weighted by Crippen LogP contribution is 2.24. The number of ether oxygens (including phenoxy) is 1. The zero-order valence-electron chi connectivity index (χ0n) is 10.8. The SMILES string of the molecule is NC1CCC(C(=O)NCCOc2cccc(Br)c2)C1. The van der Waals surface area contributed by atoms with E-state index in [4.69, 9.17) is 10.5 Å². The summed E-state index contributed by atoms with van der Waals surface area (Å²) in [5, 5.41) is 2.90. The average molecular weight is 327 g/mol. The lowest BCUT2D eigenvalue weighted by molar-refractivity contribution is -0.124. The van der Waals surface area contributed by atoms with Gasteiger partial charge in [-0.15, -0.1) is 0 Å². The first-order valence-corrected chi connectivity index (χ1v) is 7.36. The number of nitrogens with two attached hydrogens (primary N) is 1. The van der Waals surface area contributed by atoms with Gasteiger partial charge in [-0.1, -0.05) is 22.0 Å². The average Bonchev–Trinajstić information content (AvgIpc) is 2.81. The van der Waals surface area contributed by atoms with Gasteiger partial charge in [0.1, 0.15) is 12.4 Å². The van der Waals surface area contributed by atoms with Gasteiger partial charge in [0.2, 0.25) is 5.91 Å². The van der Waals surface area contributed by atoms with Crippen molar-refractivity contribution in [1.82, 2.24) is 5.32 Å². The lowest BCUT2D eigenvalue weighted by Gasteiger charge is -2.11. The number of hydrogen-bond acceptors (Lipinski definition) is 3. The fraction of sp³-hybridized carbons (Fsp3) is 0.500. The van der Waals surface area contributed by atoms with Crippen molar-refractivity contribution in [3.05, 3.63) is 28.7 Å². The minimum atomic E-state index is 0.0841. The summed E-state index contributed by atoms with van der Waals surface area (Å²) < 4.78 is 6.53. The van der Waals surface area contributed by atoms with Gasteiger partial charge in [-0.05, 0) is 37.5 Å². The molecule has 4 nitrogen and oxygen atoms in total. The van der Waals surface area contributed by atoms with Crippen LogP contribution in [0.3, 0.4) is 0 Å². The lowest BCUT2D eigenvalue weighted by Crippen LogP contribution is -2.33. The fourth-order valence-corrected chi connectivity index (χ4v) is 2.68. The maximum absolute atomic E-state index is 11.8. The minimum Gasteiger partial charge on any atom is -0.492 e. The van der Waals surface area contributed by atoms with Crippen LogP contribution in [0.1, 0.15) is 19.3 Å². The molecule has 0 radical (unpaired) electrons. The second-order valence-corrected chi connectivity index (χ2v) is 5.78. The number of rotatable bonds is 5. The molecule has 2 unspecified atom stereocenters. The summed E-state index contributed by atoms with van der Waals surface area (Å²) in [4.78, 5) is 11.8. The fourth-order valence-electron chi connectivity index (χ4n) is 2.30. The number of halogens is 1. The largest absolute Gasteiger partial charge is 0.492 e. The molecule has 5 heteroatoms. The zero-order valence-corrected chi connectivity index (χ0v) is 12.4. The van der Waals surface area contributed by atoms with Gasteiger partial charge in [0.15, 0.2) is 0 Å². The van der Waals surface area contributed by atoms with Crippen molar-refractivity contribution in [2.45, 2.75) is 25.3 Å². The summed E-state index contributed by atoms with van der Waals surface area (Å²) in [6.45, 7) is 0.998. The van der Waals surface area contributed by atoms with E-state index < -0.39 is 0 Å². The molecule has 3 N–H and O–H groups in total. The Kier molecular flexibility index (Phi) is 5.22. The molecule has 0 spiro atoms. The van der Waals surface area contributed by atoms with E-state index in [0.717, 1.165) is 29.5 Å². The topological polar surface area (TPSA) is 64.4 Å².